The molecule has 0 aliphatic carbocycles. The number of carbonyl (C=O) groups excluding carboxylic acids is 1. The molecule has 7 heteroatoms. The first kappa shape index (κ1) is 19.4. The summed E-state index contributed by atoms with van der Waals surface area (Å²) in [6.07, 6.45) is 2.34. The maximum Gasteiger partial charge on any atom is 0.306 e. The van der Waals surface area contributed by atoms with Gasteiger partial charge in [-0.15, -0.1) is 0 Å². The largest absolute Gasteiger partial charge is 0.497 e. The van der Waals surface area contributed by atoms with E-state index < -0.39 is 0 Å². The Kier molecular flexibility index (Phi) is 5.93. The number of fused-ring (bicyclic) bond motifs is 1. The quantitative estimate of drug-likeness (QED) is 0.585. The van der Waals surface area contributed by atoms with Crippen molar-refractivity contribution in [1.82, 2.24) is 9.38 Å². The second-order valence-electron chi connectivity index (χ2n) is 6.35. The normalized spacial score (nSPS) is 10.7. The number of methoxy groups -OCH3 is 2. The van der Waals surface area contributed by atoms with Crippen LogP contribution in [0.1, 0.15) is 23.2 Å². The number of hydrogen-bond acceptors (Lipinski definition) is 6. The van der Waals surface area contributed by atoms with Gasteiger partial charge < -0.3 is 14.2 Å². The van der Waals surface area contributed by atoms with Crippen molar-refractivity contribution in [3.05, 3.63) is 69.8 Å². The third-order valence-electron chi connectivity index (χ3n) is 4.35. The molecule has 28 heavy (non-hydrogen) atoms. The van der Waals surface area contributed by atoms with Gasteiger partial charge in [-0.3, -0.25) is 14.0 Å². The molecule has 3 rings (SSSR count). The van der Waals surface area contributed by atoms with Gasteiger partial charge in [-0.2, -0.15) is 0 Å². The number of aromatic nitrogens is 2. The number of pyridine rings is 1. The average Bonchev–Trinajstić information content (AvgIpc) is 2.71. The highest BCUT2D eigenvalue weighted by Gasteiger charge is 2.09. The van der Waals surface area contributed by atoms with Crippen LogP contribution in [0.5, 0.6) is 11.5 Å². The second kappa shape index (κ2) is 8.56. The summed E-state index contributed by atoms with van der Waals surface area (Å²) >= 11 is 0. The minimum atomic E-state index is -0.367. The minimum Gasteiger partial charge on any atom is -0.497 e. The van der Waals surface area contributed by atoms with Crippen molar-refractivity contribution in [2.45, 2.75) is 26.4 Å². The number of carbonyl (C=O) groups is 1. The number of rotatable bonds is 7. The Morgan fingerprint density at radius 3 is 2.50 bits per heavy atom. The minimum absolute atomic E-state index is 0.0413. The van der Waals surface area contributed by atoms with E-state index in [-0.39, 0.29) is 24.6 Å². The molecule has 0 saturated heterocycles. The standard InChI is InChI=1S/C21H22N2O5/c1-14-5-4-8-23-19(24)11-16(22-21(14)23)13-28-20(25)7-6-15-9-17(26-2)12-18(10-15)27-3/h4-5,8-12H,6-7,13H2,1-3H3. The highest BCUT2D eigenvalue weighted by atomic mass is 16.5. The third-order valence-corrected chi connectivity index (χ3v) is 4.35. The van der Waals surface area contributed by atoms with E-state index >= 15 is 0 Å². The smallest absolute Gasteiger partial charge is 0.306 e. The summed E-state index contributed by atoms with van der Waals surface area (Å²) in [5.41, 5.74) is 2.56. The fourth-order valence-corrected chi connectivity index (χ4v) is 2.87. The Morgan fingerprint density at radius 2 is 1.82 bits per heavy atom. The van der Waals surface area contributed by atoms with E-state index in [1.54, 1.807) is 32.5 Å². The van der Waals surface area contributed by atoms with Crippen LogP contribution < -0.4 is 15.0 Å². The van der Waals surface area contributed by atoms with Crippen molar-refractivity contribution >= 4 is 11.6 Å². The fourth-order valence-electron chi connectivity index (χ4n) is 2.87. The number of nitrogens with zero attached hydrogens (tertiary/aromatic N) is 2. The van der Waals surface area contributed by atoms with Crippen molar-refractivity contribution in [3.8, 4) is 11.5 Å². The number of hydrogen-bond donors (Lipinski definition) is 0. The second-order valence-corrected chi connectivity index (χ2v) is 6.35. The van der Waals surface area contributed by atoms with Gasteiger partial charge in [-0.05, 0) is 42.7 Å². The van der Waals surface area contributed by atoms with Crippen molar-refractivity contribution in [2.75, 3.05) is 14.2 Å². The van der Waals surface area contributed by atoms with Gasteiger partial charge in [0.05, 0.1) is 19.9 Å². The average molecular weight is 382 g/mol. The molecular formula is C21H22N2O5. The van der Waals surface area contributed by atoms with Gasteiger partial charge in [0.15, 0.2) is 0 Å². The summed E-state index contributed by atoms with van der Waals surface area (Å²) in [6.45, 7) is 1.83. The first-order chi connectivity index (χ1) is 13.5. The molecule has 0 amide bonds. The number of aryl methyl sites for hydroxylation is 2. The highest BCUT2D eigenvalue weighted by Crippen LogP contribution is 2.23. The molecular weight excluding hydrogens is 360 g/mol. The Bertz CT molecular complexity index is 1040. The first-order valence-corrected chi connectivity index (χ1v) is 8.85. The third kappa shape index (κ3) is 4.49. The maximum atomic E-state index is 12.2. The predicted molar refractivity (Wildman–Crippen MR) is 104 cm³/mol. The molecule has 0 fully saturated rings. The maximum absolute atomic E-state index is 12.2. The van der Waals surface area contributed by atoms with Crippen LogP contribution in [0.15, 0.2) is 47.4 Å². The molecule has 3 aromatic rings. The lowest BCUT2D eigenvalue weighted by Crippen LogP contribution is -2.17. The highest BCUT2D eigenvalue weighted by molar-refractivity contribution is 5.69. The van der Waals surface area contributed by atoms with Gasteiger partial charge in [0, 0.05) is 24.8 Å². The molecule has 7 nitrogen and oxygen atoms in total. The fraction of sp³-hybridized carbons (Fsp3) is 0.286. The summed E-state index contributed by atoms with van der Waals surface area (Å²) in [6, 6.07) is 10.5. The van der Waals surface area contributed by atoms with E-state index in [0.29, 0.717) is 29.3 Å². The zero-order valence-corrected chi connectivity index (χ0v) is 16.1. The molecule has 2 heterocycles. The van der Waals surface area contributed by atoms with E-state index in [9.17, 15) is 9.59 Å². The molecule has 0 saturated carbocycles. The van der Waals surface area contributed by atoms with Gasteiger partial charge in [-0.1, -0.05) is 6.07 Å². The van der Waals surface area contributed by atoms with E-state index in [4.69, 9.17) is 14.2 Å². The van der Waals surface area contributed by atoms with Crippen LogP contribution >= 0.6 is 0 Å². The van der Waals surface area contributed by atoms with Crippen LogP contribution in [0.3, 0.4) is 0 Å². The van der Waals surface area contributed by atoms with Crippen LogP contribution in [0.2, 0.25) is 0 Å². The lowest BCUT2D eigenvalue weighted by molar-refractivity contribution is -0.145. The van der Waals surface area contributed by atoms with Crippen LogP contribution in [-0.4, -0.2) is 29.6 Å². The molecule has 0 N–H and O–H groups in total. The van der Waals surface area contributed by atoms with E-state index in [1.807, 2.05) is 25.1 Å². The predicted octanol–water partition coefficient (Wildman–Crippen LogP) is 2.70. The summed E-state index contributed by atoms with van der Waals surface area (Å²) in [7, 11) is 3.15. The first-order valence-electron chi connectivity index (χ1n) is 8.85. The van der Waals surface area contributed by atoms with Crippen LogP contribution in [0.25, 0.3) is 5.65 Å². The lowest BCUT2D eigenvalue weighted by atomic mass is 10.1. The molecule has 0 aliphatic rings. The molecule has 0 unspecified atom stereocenters. The van der Waals surface area contributed by atoms with Crippen molar-refractivity contribution in [1.29, 1.82) is 0 Å². The van der Waals surface area contributed by atoms with E-state index in [2.05, 4.69) is 4.98 Å². The molecule has 1 aromatic carbocycles. The van der Waals surface area contributed by atoms with Gasteiger partial charge in [-0.25, -0.2) is 4.98 Å². The summed E-state index contributed by atoms with van der Waals surface area (Å²) in [4.78, 5) is 28.7. The van der Waals surface area contributed by atoms with Crippen LogP contribution in [-0.2, 0) is 22.6 Å². The molecule has 0 spiro atoms. The van der Waals surface area contributed by atoms with Crippen LogP contribution in [0.4, 0.5) is 0 Å². The van der Waals surface area contributed by atoms with Gasteiger partial charge in [0.1, 0.15) is 23.8 Å². The van der Waals surface area contributed by atoms with Crippen molar-refractivity contribution in [2.24, 2.45) is 0 Å². The topological polar surface area (TPSA) is 79.1 Å². The van der Waals surface area contributed by atoms with Crippen LogP contribution in [0, 0.1) is 6.92 Å². The number of benzene rings is 1. The zero-order valence-electron chi connectivity index (χ0n) is 16.1. The summed E-state index contributed by atoms with van der Waals surface area (Å²) < 4.78 is 17.2. The van der Waals surface area contributed by atoms with Gasteiger partial charge in [0.25, 0.3) is 5.56 Å². The van der Waals surface area contributed by atoms with Gasteiger partial charge in [0.2, 0.25) is 0 Å². The Morgan fingerprint density at radius 1 is 1.11 bits per heavy atom. The molecule has 146 valence electrons. The van der Waals surface area contributed by atoms with E-state index in [1.165, 1.54) is 10.5 Å². The molecule has 2 aromatic heterocycles. The Balaban J connectivity index is 1.63. The van der Waals surface area contributed by atoms with Crippen molar-refractivity contribution < 1.29 is 19.0 Å². The molecule has 0 atom stereocenters. The van der Waals surface area contributed by atoms with E-state index in [0.717, 1.165) is 11.1 Å². The number of esters is 1. The molecule has 0 aliphatic heterocycles. The lowest BCUT2D eigenvalue weighted by Gasteiger charge is -2.09. The number of ether oxygens (including phenoxy) is 3. The summed E-state index contributed by atoms with van der Waals surface area (Å²) in [5.74, 6) is 0.964. The van der Waals surface area contributed by atoms with Crippen molar-refractivity contribution in [3.63, 3.8) is 0 Å². The SMILES string of the molecule is COc1cc(CCC(=O)OCc2cc(=O)n3cccc(C)c3n2)cc(OC)c1. The zero-order chi connectivity index (χ0) is 20.1. The molecule has 0 bridgehead atoms. The van der Waals surface area contributed by atoms with Gasteiger partial charge >= 0.3 is 5.97 Å². The molecule has 0 radical (unpaired) electrons. The summed E-state index contributed by atoms with van der Waals surface area (Å²) in [5, 5.41) is 0. The Hall–Kier alpha value is -3.35. The monoisotopic (exact) mass is 382 g/mol. The Labute approximate surface area is 162 Å².